The molecule has 0 saturated heterocycles. The van der Waals surface area contributed by atoms with Crippen LogP contribution in [0.4, 0.5) is 0 Å². The minimum absolute atomic E-state index is 0.114. The zero-order valence-corrected chi connectivity index (χ0v) is 26.0. The highest BCUT2D eigenvalue weighted by atomic mass is 16.3. The van der Waals surface area contributed by atoms with Gasteiger partial charge in [-0.2, -0.15) is 0 Å². The summed E-state index contributed by atoms with van der Waals surface area (Å²) < 4.78 is 91.3. The quantitative estimate of drug-likeness (QED) is 0.176. The maximum Gasteiger partial charge on any atom is 0.136 e. The van der Waals surface area contributed by atoms with Gasteiger partial charge in [-0.25, -0.2) is 0 Å². The largest absolute Gasteiger partial charge is 0.456 e. The summed E-state index contributed by atoms with van der Waals surface area (Å²) in [5, 5.41) is 7.11. The molecule has 0 atom stereocenters. The van der Waals surface area contributed by atoms with E-state index in [1.807, 2.05) is 78.9 Å². The van der Waals surface area contributed by atoms with Gasteiger partial charge in [-0.15, -0.1) is 0 Å². The van der Waals surface area contributed by atoms with Crippen molar-refractivity contribution in [3.63, 3.8) is 0 Å². The second kappa shape index (κ2) is 11.1. The van der Waals surface area contributed by atoms with Crippen LogP contribution in [-0.2, 0) is 0 Å². The molecule has 1 heteroatoms. The fraction of sp³-hybridized carbons (Fsp3) is 0. The Morgan fingerprint density at radius 2 is 0.939 bits per heavy atom. The minimum atomic E-state index is -0.447. The van der Waals surface area contributed by atoms with Crippen LogP contribution < -0.4 is 0 Å². The topological polar surface area (TPSA) is 13.1 Å². The van der Waals surface area contributed by atoms with Crippen molar-refractivity contribution in [2.24, 2.45) is 0 Å². The zero-order chi connectivity index (χ0) is 41.0. The van der Waals surface area contributed by atoms with Gasteiger partial charge in [0.15, 0.2) is 0 Å². The first-order valence-electron chi connectivity index (χ1n) is 21.0. The van der Waals surface area contributed by atoms with E-state index in [0.29, 0.717) is 22.3 Å². The monoisotopic (exact) mass is 632 g/mol. The number of hydrogen-bond donors (Lipinski definition) is 0. The first-order valence-corrected chi connectivity index (χ1v) is 16.0. The van der Waals surface area contributed by atoms with Crippen LogP contribution in [0.1, 0.15) is 13.7 Å². The first kappa shape index (κ1) is 19.4. The Kier molecular flexibility index (Phi) is 4.39. The highest BCUT2D eigenvalue weighted by Crippen LogP contribution is 2.48. The van der Waals surface area contributed by atoms with Crippen LogP contribution in [0.3, 0.4) is 0 Å². The Hall–Kier alpha value is -6.44. The van der Waals surface area contributed by atoms with Gasteiger partial charge < -0.3 is 4.42 Å². The first-order chi connectivity index (χ1) is 28.5. The highest BCUT2D eigenvalue weighted by Gasteiger charge is 2.21. The molecule has 49 heavy (non-hydrogen) atoms. The maximum absolute atomic E-state index is 8.84. The molecule has 1 heterocycles. The van der Waals surface area contributed by atoms with E-state index in [1.165, 1.54) is 0 Å². The van der Waals surface area contributed by atoms with Crippen molar-refractivity contribution in [1.82, 2.24) is 0 Å². The third-order valence-corrected chi connectivity index (χ3v) is 9.40. The van der Waals surface area contributed by atoms with Crippen molar-refractivity contribution in [3.8, 4) is 44.5 Å². The molecule has 0 unspecified atom stereocenters. The number of benzene rings is 9. The predicted molar refractivity (Wildman–Crippen MR) is 208 cm³/mol. The molecule has 0 N–H and O–H groups in total. The molecule has 0 aliphatic rings. The molecule has 9 aromatic carbocycles. The van der Waals surface area contributed by atoms with E-state index >= 15 is 0 Å². The molecule has 0 spiro atoms. The van der Waals surface area contributed by atoms with Gasteiger partial charge in [-0.05, 0) is 107 Å². The molecule has 0 fully saturated rings. The van der Waals surface area contributed by atoms with E-state index in [9.17, 15) is 0 Å². The van der Waals surface area contributed by atoms with Crippen molar-refractivity contribution >= 4 is 54.3 Å². The third kappa shape index (κ3) is 4.40. The summed E-state index contributed by atoms with van der Waals surface area (Å²) >= 11 is 0. The lowest BCUT2D eigenvalue weighted by atomic mass is 9.83. The Balaban J connectivity index is 1.30. The second-order valence-corrected chi connectivity index (χ2v) is 12.1. The van der Waals surface area contributed by atoms with Gasteiger partial charge in [-0.3, -0.25) is 0 Å². The summed E-state index contributed by atoms with van der Waals surface area (Å²) in [6.07, 6.45) is 0. The molecule has 1 nitrogen and oxygen atoms in total. The predicted octanol–water partition coefficient (Wildman–Crippen LogP) is 13.7. The molecule has 0 bridgehead atoms. The van der Waals surface area contributed by atoms with Gasteiger partial charge >= 0.3 is 0 Å². The van der Waals surface area contributed by atoms with Crippen LogP contribution in [0.15, 0.2) is 186 Å². The van der Waals surface area contributed by atoms with Crippen LogP contribution in [0, 0.1) is 0 Å². The minimum Gasteiger partial charge on any atom is -0.456 e. The average Bonchev–Trinajstić information content (AvgIpc) is 3.64. The molecular weight excluding hydrogens is 593 g/mol. The molecule has 0 amide bonds. The van der Waals surface area contributed by atoms with Gasteiger partial charge in [0.2, 0.25) is 0 Å². The fourth-order valence-corrected chi connectivity index (χ4v) is 7.35. The second-order valence-electron chi connectivity index (χ2n) is 12.1. The number of rotatable bonds is 4. The molecule has 0 aliphatic heterocycles. The number of fused-ring (bicyclic) bond motifs is 6. The Labute approximate surface area is 298 Å². The molecular formula is C48H30O. The summed E-state index contributed by atoms with van der Waals surface area (Å²) in [6, 6.07) is 35.7. The summed E-state index contributed by atoms with van der Waals surface area (Å²) in [5.74, 6) is 0. The van der Waals surface area contributed by atoms with Crippen LogP contribution in [-0.4, -0.2) is 0 Å². The van der Waals surface area contributed by atoms with Gasteiger partial charge in [0.1, 0.15) is 11.2 Å². The van der Waals surface area contributed by atoms with Crippen molar-refractivity contribution < 1.29 is 18.1 Å². The van der Waals surface area contributed by atoms with Crippen molar-refractivity contribution in [3.05, 3.63) is 182 Å². The van der Waals surface area contributed by atoms with E-state index in [4.69, 9.17) is 18.1 Å². The van der Waals surface area contributed by atoms with Crippen LogP contribution in [0.25, 0.3) is 98.8 Å². The number of furan rings is 1. The lowest BCUT2D eigenvalue weighted by Gasteiger charge is -2.20. The van der Waals surface area contributed by atoms with Crippen LogP contribution >= 0.6 is 0 Å². The molecule has 0 saturated carbocycles. The molecule has 228 valence electrons. The molecule has 10 rings (SSSR count). The Morgan fingerprint density at radius 3 is 1.59 bits per heavy atom. The Morgan fingerprint density at radius 1 is 0.367 bits per heavy atom. The van der Waals surface area contributed by atoms with E-state index in [-0.39, 0.29) is 35.3 Å². The smallest absolute Gasteiger partial charge is 0.136 e. The van der Waals surface area contributed by atoms with E-state index < -0.39 is 36.3 Å². The van der Waals surface area contributed by atoms with Gasteiger partial charge in [0.25, 0.3) is 0 Å². The lowest BCUT2D eigenvalue weighted by molar-refractivity contribution is 0.669. The lowest BCUT2D eigenvalue weighted by Crippen LogP contribution is -1.93. The molecule has 1 aromatic heterocycles. The van der Waals surface area contributed by atoms with E-state index in [1.54, 1.807) is 12.1 Å². The van der Waals surface area contributed by atoms with Crippen molar-refractivity contribution in [2.45, 2.75) is 0 Å². The molecule has 0 aliphatic carbocycles. The van der Waals surface area contributed by atoms with Crippen LogP contribution in [0.5, 0.6) is 0 Å². The van der Waals surface area contributed by atoms with Gasteiger partial charge in [-0.1, -0.05) is 151 Å². The summed E-state index contributed by atoms with van der Waals surface area (Å²) in [4.78, 5) is 0. The average molecular weight is 633 g/mol. The van der Waals surface area contributed by atoms with Crippen LogP contribution in [0.2, 0.25) is 0 Å². The van der Waals surface area contributed by atoms with E-state index in [0.717, 1.165) is 65.3 Å². The number of hydrogen-bond acceptors (Lipinski definition) is 1. The molecule has 0 radical (unpaired) electrons. The van der Waals surface area contributed by atoms with Gasteiger partial charge in [0, 0.05) is 10.8 Å². The third-order valence-electron chi connectivity index (χ3n) is 9.40. The molecule has 10 aromatic rings. The maximum atomic E-state index is 8.84. The highest BCUT2D eigenvalue weighted by molar-refractivity contribution is 6.27. The summed E-state index contributed by atoms with van der Waals surface area (Å²) in [5.41, 5.74) is 6.06. The Bertz CT molecular complexity index is 3350. The van der Waals surface area contributed by atoms with E-state index in [2.05, 4.69) is 30.3 Å². The summed E-state index contributed by atoms with van der Waals surface area (Å²) in [6.45, 7) is 0. The fourth-order valence-electron chi connectivity index (χ4n) is 7.35. The standard InChI is InChI=1S/C48H30O/c1-3-14-31(15-4-1)33-26-27-44-43(29-33)48-41(24-13-25-45(48)49-44)46-37-20-9-11-22-39(37)47(40-23-12-10-21-38(40)46)42-30-35(32-16-5-2-6-17-32)28-34-18-7-8-19-36(34)42/h1-30H/i1D,2D,3D,4D,5D,6D,14D,15D,16D,17D. The van der Waals surface area contributed by atoms with Gasteiger partial charge in [0.05, 0.1) is 13.7 Å². The van der Waals surface area contributed by atoms with Crippen molar-refractivity contribution in [1.29, 1.82) is 0 Å². The normalized spacial score (nSPS) is 14.5. The summed E-state index contributed by atoms with van der Waals surface area (Å²) in [7, 11) is 0. The SMILES string of the molecule is [2H]c1c([2H])c([2H])c(-c2cc(-c3c4ccccc4c(-c4cccc5oc6ccc(-c7c([2H])c([2H])c([2H])c([2H])c7[2H])cc6c45)c4ccccc34)c3ccccc3c2)c([2H])c1[2H]. The zero-order valence-electron chi connectivity index (χ0n) is 36.0. The van der Waals surface area contributed by atoms with Crippen molar-refractivity contribution in [2.75, 3.05) is 0 Å².